The summed E-state index contributed by atoms with van der Waals surface area (Å²) in [6.45, 7) is 0. The fourth-order valence-corrected chi connectivity index (χ4v) is 3.10. The fraction of sp³-hybridized carbons (Fsp3) is 0.700. The minimum absolute atomic E-state index is 0.183. The number of carbonyl (C=O) groups is 1. The zero-order valence-electron chi connectivity index (χ0n) is 7.27. The van der Waals surface area contributed by atoms with Crippen LogP contribution in [0.15, 0.2) is 12.2 Å². The second-order valence-corrected chi connectivity index (χ2v) is 4.41. The molecule has 0 aromatic carbocycles. The van der Waals surface area contributed by atoms with Gasteiger partial charge < -0.3 is 9.84 Å². The largest absolute Gasteiger partial charge is 0.435 e. The van der Waals surface area contributed by atoms with Gasteiger partial charge in [-0.25, -0.2) is 0 Å². The van der Waals surface area contributed by atoms with Crippen molar-refractivity contribution in [1.29, 1.82) is 0 Å². The van der Waals surface area contributed by atoms with E-state index in [1.165, 1.54) is 0 Å². The molecule has 1 saturated heterocycles. The molecule has 4 unspecified atom stereocenters. The molecule has 2 aliphatic carbocycles. The van der Waals surface area contributed by atoms with E-state index < -0.39 is 6.29 Å². The fourth-order valence-electron chi connectivity index (χ4n) is 3.10. The number of hydrogen-bond acceptors (Lipinski definition) is 3. The molecule has 0 amide bonds. The highest BCUT2D eigenvalue weighted by molar-refractivity contribution is 5.80. The van der Waals surface area contributed by atoms with Crippen LogP contribution < -0.4 is 0 Å². The monoisotopic (exact) mass is 180 g/mol. The lowest BCUT2D eigenvalue weighted by Gasteiger charge is -2.25. The van der Waals surface area contributed by atoms with E-state index in [-0.39, 0.29) is 11.4 Å². The molecule has 3 rings (SSSR count). The van der Waals surface area contributed by atoms with Gasteiger partial charge in [-0.05, 0) is 24.7 Å². The third-order valence-electron chi connectivity index (χ3n) is 3.70. The van der Waals surface area contributed by atoms with Crippen molar-refractivity contribution < 1.29 is 14.6 Å². The van der Waals surface area contributed by atoms with Crippen molar-refractivity contribution in [1.82, 2.24) is 0 Å². The number of rotatable bonds is 0. The Morgan fingerprint density at radius 3 is 2.77 bits per heavy atom. The SMILES string of the molecule is O=C1OC(O)CC12CC1C=CC2C1. The van der Waals surface area contributed by atoms with Gasteiger partial charge in [0.2, 0.25) is 6.29 Å². The van der Waals surface area contributed by atoms with Crippen molar-refractivity contribution in [2.75, 3.05) is 0 Å². The maximum absolute atomic E-state index is 11.6. The summed E-state index contributed by atoms with van der Waals surface area (Å²) in [4.78, 5) is 11.6. The molecule has 1 spiro atoms. The van der Waals surface area contributed by atoms with E-state index in [4.69, 9.17) is 4.74 Å². The molecular weight excluding hydrogens is 168 g/mol. The van der Waals surface area contributed by atoms with Crippen LogP contribution in [-0.4, -0.2) is 17.4 Å². The maximum atomic E-state index is 11.6. The molecule has 3 nitrogen and oxygen atoms in total. The molecule has 70 valence electrons. The molecule has 4 atom stereocenters. The maximum Gasteiger partial charge on any atom is 0.315 e. The van der Waals surface area contributed by atoms with E-state index in [0.29, 0.717) is 18.3 Å². The van der Waals surface area contributed by atoms with Gasteiger partial charge in [0, 0.05) is 6.42 Å². The highest BCUT2D eigenvalue weighted by Gasteiger charge is 2.59. The van der Waals surface area contributed by atoms with Crippen LogP contribution in [0.1, 0.15) is 19.3 Å². The molecule has 3 aliphatic rings. The minimum atomic E-state index is -0.861. The average molecular weight is 180 g/mol. The van der Waals surface area contributed by atoms with Crippen molar-refractivity contribution in [3.05, 3.63) is 12.2 Å². The summed E-state index contributed by atoms with van der Waals surface area (Å²) in [5, 5.41) is 9.29. The summed E-state index contributed by atoms with van der Waals surface area (Å²) in [5.41, 5.74) is -0.362. The Labute approximate surface area is 76.4 Å². The summed E-state index contributed by atoms with van der Waals surface area (Å²) in [7, 11) is 0. The molecular formula is C10H12O3. The Morgan fingerprint density at radius 2 is 2.31 bits per heavy atom. The quantitative estimate of drug-likeness (QED) is 0.443. The molecule has 13 heavy (non-hydrogen) atoms. The zero-order valence-corrected chi connectivity index (χ0v) is 7.27. The number of aliphatic hydroxyl groups is 1. The lowest BCUT2D eigenvalue weighted by molar-refractivity contribution is -0.158. The number of allylic oxidation sites excluding steroid dienone is 2. The van der Waals surface area contributed by atoms with Gasteiger partial charge in [0.05, 0.1) is 5.41 Å². The number of esters is 1. The topological polar surface area (TPSA) is 46.5 Å². The van der Waals surface area contributed by atoms with Gasteiger partial charge in [-0.3, -0.25) is 4.79 Å². The predicted octanol–water partition coefficient (Wildman–Crippen LogP) is 0.834. The lowest BCUT2D eigenvalue weighted by atomic mass is 9.74. The van der Waals surface area contributed by atoms with Crippen LogP contribution in [-0.2, 0) is 9.53 Å². The summed E-state index contributed by atoms with van der Waals surface area (Å²) < 4.78 is 4.83. The number of hydrogen-bond donors (Lipinski definition) is 1. The first-order chi connectivity index (χ1) is 6.21. The first-order valence-corrected chi connectivity index (χ1v) is 4.78. The van der Waals surface area contributed by atoms with E-state index >= 15 is 0 Å². The Balaban J connectivity index is 1.98. The van der Waals surface area contributed by atoms with Crippen LogP contribution in [0.3, 0.4) is 0 Å². The van der Waals surface area contributed by atoms with E-state index in [9.17, 15) is 9.90 Å². The van der Waals surface area contributed by atoms with Crippen molar-refractivity contribution in [3.63, 3.8) is 0 Å². The molecule has 2 fully saturated rings. The van der Waals surface area contributed by atoms with Crippen LogP contribution in [0.5, 0.6) is 0 Å². The smallest absolute Gasteiger partial charge is 0.315 e. The minimum Gasteiger partial charge on any atom is -0.435 e. The summed E-state index contributed by atoms with van der Waals surface area (Å²) in [6, 6.07) is 0. The van der Waals surface area contributed by atoms with Crippen LogP contribution >= 0.6 is 0 Å². The van der Waals surface area contributed by atoms with Gasteiger partial charge in [0.25, 0.3) is 0 Å². The van der Waals surface area contributed by atoms with E-state index in [1.807, 2.05) is 0 Å². The summed E-state index contributed by atoms with van der Waals surface area (Å²) in [5.74, 6) is 0.682. The number of carbonyl (C=O) groups excluding carboxylic acids is 1. The second-order valence-electron chi connectivity index (χ2n) is 4.41. The van der Waals surface area contributed by atoms with Gasteiger partial charge in [-0.2, -0.15) is 0 Å². The Morgan fingerprint density at radius 1 is 1.46 bits per heavy atom. The molecule has 1 aliphatic heterocycles. The van der Waals surface area contributed by atoms with Gasteiger partial charge in [0.1, 0.15) is 0 Å². The summed E-state index contributed by atoms with van der Waals surface area (Å²) >= 11 is 0. The number of fused-ring (bicyclic) bond motifs is 3. The number of aliphatic hydroxyl groups excluding tert-OH is 1. The van der Waals surface area contributed by atoms with Crippen LogP contribution in [0, 0.1) is 17.3 Å². The molecule has 2 bridgehead atoms. The van der Waals surface area contributed by atoms with Crippen molar-refractivity contribution >= 4 is 5.97 Å². The molecule has 0 radical (unpaired) electrons. The Bertz CT molecular complexity index is 297. The Kier molecular flexibility index (Phi) is 1.25. The highest BCUT2D eigenvalue weighted by Crippen LogP contribution is 2.57. The molecule has 1 saturated carbocycles. The van der Waals surface area contributed by atoms with Crippen molar-refractivity contribution in [2.24, 2.45) is 17.3 Å². The summed E-state index contributed by atoms with van der Waals surface area (Å²) in [6.07, 6.45) is 5.89. The van der Waals surface area contributed by atoms with E-state index in [2.05, 4.69) is 12.2 Å². The van der Waals surface area contributed by atoms with Crippen LogP contribution in [0.25, 0.3) is 0 Å². The molecule has 0 aromatic rings. The Hall–Kier alpha value is -0.830. The third-order valence-corrected chi connectivity index (χ3v) is 3.70. The highest BCUT2D eigenvalue weighted by atomic mass is 16.6. The first-order valence-electron chi connectivity index (χ1n) is 4.78. The standard InChI is InChI=1S/C10H12O3/c11-8-5-10(9(12)13-8)4-6-1-2-7(10)3-6/h1-2,6-8,11H,3-5H2. The van der Waals surface area contributed by atoms with Gasteiger partial charge >= 0.3 is 5.97 Å². The average Bonchev–Trinajstić information content (AvgIpc) is 2.68. The zero-order chi connectivity index (χ0) is 9.05. The van der Waals surface area contributed by atoms with E-state index in [0.717, 1.165) is 12.8 Å². The molecule has 0 aromatic heterocycles. The molecule has 3 heteroatoms. The third kappa shape index (κ3) is 0.804. The van der Waals surface area contributed by atoms with Gasteiger partial charge in [-0.15, -0.1) is 0 Å². The van der Waals surface area contributed by atoms with Crippen LogP contribution in [0.4, 0.5) is 0 Å². The predicted molar refractivity (Wildman–Crippen MR) is 44.5 cm³/mol. The lowest BCUT2D eigenvalue weighted by Crippen LogP contribution is -2.30. The normalized spacial score (nSPS) is 52.1. The van der Waals surface area contributed by atoms with Gasteiger partial charge in [-0.1, -0.05) is 12.2 Å². The molecule has 1 N–H and O–H groups in total. The van der Waals surface area contributed by atoms with E-state index in [1.54, 1.807) is 0 Å². The van der Waals surface area contributed by atoms with Gasteiger partial charge in [0.15, 0.2) is 0 Å². The number of ether oxygens (including phenoxy) is 1. The first kappa shape index (κ1) is 7.56. The van der Waals surface area contributed by atoms with Crippen molar-refractivity contribution in [2.45, 2.75) is 25.6 Å². The van der Waals surface area contributed by atoms with Crippen molar-refractivity contribution in [3.8, 4) is 0 Å². The second kappa shape index (κ2) is 2.15. The number of cyclic esters (lactones) is 1. The molecule has 1 heterocycles. The van der Waals surface area contributed by atoms with Crippen LogP contribution in [0.2, 0.25) is 0 Å².